The monoisotopic (exact) mass is 262 g/mol. The van der Waals surface area contributed by atoms with Crippen LogP contribution in [0.2, 0.25) is 0 Å². The lowest BCUT2D eigenvalue weighted by Gasteiger charge is -2.38. The summed E-state index contributed by atoms with van der Waals surface area (Å²) >= 11 is 0. The maximum absolute atomic E-state index is 12.0. The molecule has 3 nitrogen and oxygen atoms in total. The average molecular weight is 263 g/mol. The van der Waals surface area contributed by atoms with Gasteiger partial charge in [0.1, 0.15) is 0 Å². The van der Waals surface area contributed by atoms with Crippen LogP contribution in [-0.4, -0.2) is 29.9 Å². The summed E-state index contributed by atoms with van der Waals surface area (Å²) < 4.78 is 0. The van der Waals surface area contributed by atoms with E-state index in [4.69, 9.17) is 5.73 Å². The number of halogens is 1. The zero-order valence-electron chi connectivity index (χ0n) is 11.3. The highest BCUT2D eigenvalue weighted by atomic mass is 35.5. The summed E-state index contributed by atoms with van der Waals surface area (Å²) in [4.78, 5) is 14.1. The van der Waals surface area contributed by atoms with Crippen molar-refractivity contribution in [3.05, 3.63) is 0 Å². The van der Waals surface area contributed by atoms with Gasteiger partial charge in [0.05, 0.1) is 0 Å². The van der Waals surface area contributed by atoms with Gasteiger partial charge in [-0.3, -0.25) is 4.79 Å². The molecule has 1 aliphatic heterocycles. The molecule has 0 radical (unpaired) electrons. The zero-order valence-corrected chi connectivity index (χ0v) is 12.1. The number of piperidine rings is 1. The van der Waals surface area contributed by atoms with Crippen molar-refractivity contribution in [2.45, 2.75) is 52.5 Å². The minimum absolute atomic E-state index is 0. The molecule has 102 valence electrons. The number of carbonyl (C=O) groups excluding carboxylic acids is 1. The van der Waals surface area contributed by atoms with Crippen molar-refractivity contribution in [3.8, 4) is 0 Å². The number of hydrogen-bond donors (Lipinski definition) is 1. The minimum atomic E-state index is 0. The Hall–Kier alpha value is -0.280. The van der Waals surface area contributed by atoms with Crippen molar-refractivity contribution in [1.82, 2.24) is 4.90 Å². The van der Waals surface area contributed by atoms with Gasteiger partial charge in [-0.05, 0) is 31.1 Å². The number of nitrogens with two attached hydrogens (primary N) is 1. The summed E-state index contributed by atoms with van der Waals surface area (Å²) in [6, 6.07) is 0.281. The van der Waals surface area contributed by atoms with Crippen molar-refractivity contribution in [2.75, 3.05) is 13.1 Å². The van der Waals surface area contributed by atoms with Crippen molar-refractivity contribution < 1.29 is 4.79 Å². The van der Waals surface area contributed by atoms with E-state index in [-0.39, 0.29) is 18.4 Å². The number of carbonyl (C=O) groups is 1. The average Bonchev–Trinajstić information content (AvgIpc) is 2.25. The number of rotatable bonds is 4. The Balaban J connectivity index is 0.00000256. The highest BCUT2D eigenvalue weighted by Crippen LogP contribution is 2.23. The summed E-state index contributed by atoms with van der Waals surface area (Å²) in [5, 5.41) is 0. The van der Waals surface area contributed by atoms with Gasteiger partial charge < -0.3 is 10.6 Å². The minimum Gasteiger partial charge on any atom is -0.338 e. The molecular formula is C13H27ClN2O. The summed E-state index contributed by atoms with van der Waals surface area (Å²) in [7, 11) is 0. The van der Waals surface area contributed by atoms with Gasteiger partial charge in [0, 0.05) is 25.6 Å². The van der Waals surface area contributed by atoms with Gasteiger partial charge in [-0.1, -0.05) is 20.8 Å². The summed E-state index contributed by atoms with van der Waals surface area (Å²) in [5.41, 5.74) is 5.76. The van der Waals surface area contributed by atoms with Gasteiger partial charge in [0.15, 0.2) is 0 Å². The fraction of sp³-hybridized carbons (Fsp3) is 0.923. The van der Waals surface area contributed by atoms with E-state index in [1.165, 1.54) is 0 Å². The molecule has 0 bridgehead atoms. The predicted octanol–water partition coefficient (Wildman–Crippen LogP) is 2.43. The maximum Gasteiger partial charge on any atom is 0.222 e. The lowest BCUT2D eigenvalue weighted by molar-refractivity contribution is -0.135. The fourth-order valence-electron chi connectivity index (χ4n) is 2.36. The van der Waals surface area contributed by atoms with Gasteiger partial charge in [0.25, 0.3) is 0 Å². The molecule has 1 aliphatic rings. The van der Waals surface area contributed by atoms with Gasteiger partial charge in [-0.15, -0.1) is 12.4 Å². The number of nitrogens with zero attached hydrogens (tertiary/aromatic N) is 1. The molecule has 2 unspecified atom stereocenters. The second-order valence-corrected chi connectivity index (χ2v) is 5.54. The topological polar surface area (TPSA) is 46.3 Å². The highest BCUT2D eigenvalue weighted by Gasteiger charge is 2.28. The molecule has 1 rings (SSSR count). The van der Waals surface area contributed by atoms with E-state index in [9.17, 15) is 4.79 Å². The first-order valence-corrected chi connectivity index (χ1v) is 6.54. The number of amides is 1. The van der Waals surface area contributed by atoms with Crippen LogP contribution in [0.25, 0.3) is 0 Å². The highest BCUT2D eigenvalue weighted by molar-refractivity contribution is 5.85. The zero-order chi connectivity index (χ0) is 12.1. The van der Waals surface area contributed by atoms with Gasteiger partial charge in [0.2, 0.25) is 5.91 Å². The predicted molar refractivity (Wildman–Crippen MR) is 74.3 cm³/mol. The Labute approximate surface area is 112 Å². The first-order chi connectivity index (χ1) is 7.54. The Morgan fingerprint density at radius 1 is 1.47 bits per heavy atom. The molecule has 1 amide bonds. The van der Waals surface area contributed by atoms with E-state index < -0.39 is 0 Å². The Bertz CT molecular complexity index is 233. The third kappa shape index (κ3) is 5.26. The smallest absolute Gasteiger partial charge is 0.222 e. The maximum atomic E-state index is 12.0. The third-order valence-corrected chi connectivity index (χ3v) is 3.51. The van der Waals surface area contributed by atoms with Gasteiger partial charge in [-0.2, -0.15) is 0 Å². The Kier molecular flexibility index (Phi) is 7.80. The van der Waals surface area contributed by atoms with Crippen LogP contribution in [0, 0.1) is 11.8 Å². The molecule has 1 saturated heterocycles. The first kappa shape index (κ1) is 16.7. The van der Waals surface area contributed by atoms with E-state index in [2.05, 4.69) is 20.8 Å². The number of hydrogen-bond acceptors (Lipinski definition) is 2. The molecule has 2 atom stereocenters. The molecule has 0 aliphatic carbocycles. The molecule has 0 spiro atoms. The SMILES string of the molecule is CC(C)CCC(=O)N1CCC(C)CC1CN.Cl. The molecule has 4 heteroatoms. The van der Waals surface area contributed by atoms with E-state index in [1.807, 2.05) is 4.90 Å². The molecule has 0 aromatic heterocycles. The molecule has 0 saturated carbocycles. The first-order valence-electron chi connectivity index (χ1n) is 6.54. The van der Waals surface area contributed by atoms with Crippen LogP contribution in [0.3, 0.4) is 0 Å². The molecule has 2 N–H and O–H groups in total. The van der Waals surface area contributed by atoms with E-state index in [1.54, 1.807) is 0 Å². The van der Waals surface area contributed by atoms with Crippen LogP contribution in [-0.2, 0) is 4.79 Å². The molecule has 1 heterocycles. The second kappa shape index (κ2) is 7.93. The molecular weight excluding hydrogens is 236 g/mol. The number of likely N-dealkylation sites (tertiary alicyclic amines) is 1. The van der Waals surface area contributed by atoms with Crippen molar-refractivity contribution in [1.29, 1.82) is 0 Å². The summed E-state index contributed by atoms with van der Waals surface area (Å²) in [6.07, 6.45) is 3.87. The van der Waals surface area contributed by atoms with E-state index in [0.717, 1.165) is 25.8 Å². The fourth-order valence-corrected chi connectivity index (χ4v) is 2.36. The lowest BCUT2D eigenvalue weighted by Crippen LogP contribution is -2.49. The van der Waals surface area contributed by atoms with Crippen molar-refractivity contribution in [3.63, 3.8) is 0 Å². The lowest BCUT2D eigenvalue weighted by atomic mass is 9.92. The molecule has 17 heavy (non-hydrogen) atoms. The van der Waals surface area contributed by atoms with E-state index in [0.29, 0.717) is 30.7 Å². The van der Waals surface area contributed by atoms with Crippen LogP contribution >= 0.6 is 12.4 Å². The normalized spacial score (nSPS) is 24.6. The van der Waals surface area contributed by atoms with Crippen LogP contribution < -0.4 is 5.73 Å². The largest absolute Gasteiger partial charge is 0.338 e. The van der Waals surface area contributed by atoms with Crippen LogP contribution in [0.4, 0.5) is 0 Å². The third-order valence-electron chi connectivity index (χ3n) is 3.51. The quantitative estimate of drug-likeness (QED) is 0.846. The van der Waals surface area contributed by atoms with Crippen LogP contribution in [0.1, 0.15) is 46.5 Å². The van der Waals surface area contributed by atoms with Crippen molar-refractivity contribution in [2.24, 2.45) is 17.6 Å². The van der Waals surface area contributed by atoms with Crippen LogP contribution in [0.5, 0.6) is 0 Å². The Morgan fingerprint density at radius 3 is 2.65 bits per heavy atom. The summed E-state index contributed by atoms with van der Waals surface area (Å²) in [5.74, 6) is 1.61. The van der Waals surface area contributed by atoms with Gasteiger partial charge in [-0.25, -0.2) is 0 Å². The van der Waals surface area contributed by atoms with E-state index >= 15 is 0 Å². The summed E-state index contributed by atoms with van der Waals surface area (Å²) in [6.45, 7) is 8.08. The molecule has 0 aromatic carbocycles. The second-order valence-electron chi connectivity index (χ2n) is 5.54. The van der Waals surface area contributed by atoms with Crippen LogP contribution in [0.15, 0.2) is 0 Å². The molecule has 0 aromatic rings. The Morgan fingerprint density at radius 2 is 2.12 bits per heavy atom. The van der Waals surface area contributed by atoms with Crippen molar-refractivity contribution >= 4 is 18.3 Å². The standard InChI is InChI=1S/C13H26N2O.ClH/c1-10(2)4-5-13(16)15-7-6-11(3)8-12(15)9-14;/h10-12H,4-9,14H2,1-3H3;1H. The molecule has 1 fully saturated rings. The van der Waals surface area contributed by atoms with Gasteiger partial charge >= 0.3 is 0 Å².